The molecule has 8 heteroatoms. The zero-order valence-electron chi connectivity index (χ0n) is 19.2. The number of hydrogen-bond donors (Lipinski definition) is 0. The first-order valence-corrected chi connectivity index (χ1v) is 12.2. The summed E-state index contributed by atoms with van der Waals surface area (Å²) < 4.78 is 13.1. The smallest absolute Gasteiger partial charge is 0.233 e. The van der Waals surface area contributed by atoms with E-state index in [4.69, 9.17) is 9.47 Å². The standard InChI is InChI=1S/C25H28N4O3S/c1-28-24(17-9-10-17)26-27-25(28)33-15-22(30)29-12-11-18-13-20(31-2)21(32-3)14-19(18)23(29)16-7-5-4-6-8-16/h4-8,13-14,17,23H,9-12,15H2,1-3H3. The van der Waals surface area contributed by atoms with Crippen LogP contribution in [0.1, 0.15) is 47.3 Å². The van der Waals surface area contributed by atoms with Gasteiger partial charge in [-0.05, 0) is 48.1 Å². The molecule has 33 heavy (non-hydrogen) atoms. The summed E-state index contributed by atoms with van der Waals surface area (Å²) in [4.78, 5) is 15.5. The first-order chi connectivity index (χ1) is 16.1. The van der Waals surface area contributed by atoms with Crippen molar-refractivity contribution in [3.05, 3.63) is 65.0 Å². The Kier molecular flexibility index (Phi) is 6.01. The molecule has 1 aromatic heterocycles. The molecule has 1 amide bonds. The van der Waals surface area contributed by atoms with Gasteiger partial charge in [0, 0.05) is 19.5 Å². The van der Waals surface area contributed by atoms with Crippen molar-refractivity contribution in [2.24, 2.45) is 7.05 Å². The largest absolute Gasteiger partial charge is 0.493 e. The molecule has 3 aromatic rings. The monoisotopic (exact) mass is 464 g/mol. The van der Waals surface area contributed by atoms with Crippen LogP contribution in [0.5, 0.6) is 11.5 Å². The fourth-order valence-corrected chi connectivity index (χ4v) is 5.37. The summed E-state index contributed by atoms with van der Waals surface area (Å²) >= 11 is 1.46. The van der Waals surface area contributed by atoms with Gasteiger partial charge in [-0.3, -0.25) is 4.79 Å². The van der Waals surface area contributed by atoms with E-state index in [1.807, 2.05) is 46.8 Å². The molecule has 1 fully saturated rings. The number of carbonyl (C=O) groups excluding carboxylic acids is 1. The molecular weight excluding hydrogens is 436 g/mol. The Morgan fingerprint density at radius 2 is 1.82 bits per heavy atom. The lowest BCUT2D eigenvalue weighted by Gasteiger charge is -2.38. The molecule has 1 aliphatic heterocycles. The second-order valence-corrected chi connectivity index (χ2v) is 9.46. The number of carbonyl (C=O) groups is 1. The number of hydrogen-bond acceptors (Lipinski definition) is 6. The number of ether oxygens (including phenoxy) is 2. The van der Waals surface area contributed by atoms with Gasteiger partial charge in [0.1, 0.15) is 5.82 Å². The number of rotatable bonds is 7. The van der Waals surface area contributed by atoms with Crippen LogP contribution < -0.4 is 9.47 Å². The number of nitrogens with zero attached hydrogens (tertiary/aromatic N) is 4. The zero-order valence-corrected chi connectivity index (χ0v) is 20.0. The van der Waals surface area contributed by atoms with Gasteiger partial charge in [-0.25, -0.2) is 0 Å². The molecule has 2 aromatic carbocycles. The molecule has 1 atom stereocenters. The number of fused-ring (bicyclic) bond motifs is 1. The van der Waals surface area contributed by atoms with Crippen molar-refractivity contribution in [3.63, 3.8) is 0 Å². The summed E-state index contributed by atoms with van der Waals surface area (Å²) in [5.74, 6) is 3.35. The number of amides is 1. The molecule has 0 saturated heterocycles. The first-order valence-electron chi connectivity index (χ1n) is 11.2. The summed E-state index contributed by atoms with van der Waals surface area (Å²) in [6.45, 7) is 0.646. The molecule has 2 heterocycles. The molecule has 0 N–H and O–H groups in total. The average molecular weight is 465 g/mol. The number of benzene rings is 2. The molecule has 1 saturated carbocycles. The van der Waals surface area contributed by atoms with Crippen LogP contribution in [-0.2, 0) is 18.3 Å². The molecule has 2 aliphatic rings. The predicted octanol–water partition coefficient (Wildman–Crippen LogP) is 3.98. The van der Waals surface area contributed by atoms with E-state index in [9.17, 15) is 4.79 Å². The second-order valence-electron chi connectivity index (χ2n) is 8.52. The van der Waals surface area contributed by atoms with Gasteiger partial charge in [-0.15, -0.1) is 10.2 Å². The Bertz CT molecular complexity index is 1160. The minimum Gasteiger partial charge on any atom is -0.493 e. The average Bonchev–Trinajstić information content (AvgIpc) is 3.63. The van der Waals surface area contributed by atoms with E-state index in [-0.39, 0.29) is 11.9 Å². The Morgan fingerprint density at radius 1 is 1.09 bits per heavy atom. The highest BCUT2D eigenvalue weighted by molar-refractivity contribution is 7.99. The van der Waals surface area contributed by atoms with E-state index in [2.05, 4.69) is 22.3 Å². The molecule has 172 valence electrons. The highest BCUT2D eigenvalue weighted by Gasteiger charge is 2.34. The van der Waals surface area contributed by atoms with Crippen LogP contribution in [0.3, 0.4) is 0 Å². The first kappa shape index (κ1) is 21.8. The highest BCUT2D eigenvalue weighted by atomic mass is 32.2. The molecule has 1 unspecified atom stereocenters. The van der Waals surface area contributed by atoms with Crippen molar-refractivity contribution >= 4 is 17.7 Å². The lowest BCUT2D eigenvalue weighted by molar-refractivity contribution is -0.130. The minimum atomic E-state index is -0.177. The SMILES string of the molecule is COc1cc2c(cc1OC)C(c1ccccc1)N(C(=O)CSc1nnc(C3CC3)n1C)CC2. The van der Waals surface area contributed by atoms with Crippen LogP contribution in [0.25, 0.3) is 0 Å². The van der Waals surface area contributed by atoms with E-state index < -0.39 is 0 Å². The van der Waals surface area contributed by atoms with Crippen molar-refractivity contribution in [1.82, 2.24) is 19.7 Å². The van der Waals surface area contributed by atoms with Crippen LogP contribution >= 0.6 is 11.8 Å². The lowest BCUT2D eigenvalue weighted by atomic mass is 9.87. The van der Waals surface area contributed by atoms with Gasteiger partial charge in [0.25, 0.3) is 0 Å². The summed E-state index contributed by atoms with van der Waals surface area (Å²) in [7, 11) is 5.28. The Morgan fingerprint density at radius 3 is 2.52 bits per heavy atom. The topological polar surface area (TPSA) is 69.5 Å². The van der Waals surface area contributed by atoms with E-state index in [0.29, 0.717) is 29.7 Å². The van der Waals surface area contributed by atoms with Gasteiger partial charge in [0.2, 0.25) is 5.91 Å². The van der Waals surface area contributed by atoms with E-state index in [1.54, 1.807) is 14.2 Å². The summed E-state index contributed by atoms with van der Waals surface area (Å²) in [5, 5.41) is 9.46. The number of aromatic nitrogens is 3. The lowest BCUT2D eigenvalue weighted by Crippen LogP contribution is -2.41. The van der Waals surface area contributed by atoms with Crippen molar-refractivity contribution < 1.29 is 14.3 Å². The van der Waals surface area contributed by atoms with Crippen LogP contribution in [0.15, 0.2) is 47.6 Å². The summed E-state index contributed by atoms with van der Waals surface area (Å²) in [6.07, 6.45) is 3.12. The van der Waals surface area contributed by atoms with Gasteiger partial charge >= 0.3 is 0 Å². The predicted molar refractivity (Wildman–Crippen MR) is 127 cm³/mol. The third-order valence-corrected chi connectivity index (χ3v) is 7.45. The third kappa shape index (κ3) is 4.19. The molecule has 5 rings (SSSR count). The maximum absolute atomic E-state index is 13.5. The fraction of sp³-hybridized carbons (Fsp3) is 0.400. The van der Waals surface area contributed by atoms with Crippen molar-refractivity contribution in [3.8, 4) is 11.5 Å². The molecule has 7 nitrogen and oxygen atoms in total. The number of thioether (sulfide) groups is 1. The van der Waals surface area contributed by atoms with Crippen molar-refractivity contribution in [2.45, 2.75) is 36.4 Å². The Hall–Kier alpha value is -3.00. The summed E-state index contributed by atoms with van der Waals surface area (Å²) in [6, 6.07) is 14.1. The fourth-order valence-electron chi connectivity index (χ4n) is 4.57. The van der Waals surface area contributed by atoms with Crippen LogP contribution in [0.4, 0.5) is 0 Å². The van der Waals surface area contributed by atoms with E-state index in [1.165, 1.54) is 30.2 Å². The normalized spacial score (nSPS) is 17.5. The van der Waals surface area contributed by atoms with E-state index in [0.717, 1.165) is 28.5 Å². The maximum atomic E-state index is 13.5. The molecule has 0 spiro atoms. The minimum absolute atomic E-state index is 0.0882. The van der Waals surface area contributed by atoms with Gasteiger partial charge < -0.3 is 18.9 Å². The zero-order chi connectivity index (χ0) is 22.9. The Balaban J connectivity index is 1.43. The molecule has 0 bridgehead atoms. The Labute approximate surface area is 198 Å². The quantitative estimate of drug-likeness (QED) is 0.493. The third-order valence-electron chi connectivity index (χ3n) is 6.45. The van der Waals surface area contributed by atoms with Crippen LogP contribution in [0.2, 0.25) is 0 Å². The van der Waals surface area contributed by atoms with Crippen LogP contribution in [-0.4, -0.2) is 52.1 Å². The number of methoxy groups -OCH3 is 2. The van der Waals surface area contributed by atoms with Crippen molar-refractivity contribution in [1.29, 1.82) is 0 Å². The highest BCUT2D eigenvalue weighted by Crippen LogP contribution is 2.42. The molecule has 0 radical (unpaired) electrons. The van der Waals surface area contributed by atoms with Gasteiger partial charge in [-0.1, -0.05) is 42.1 Å². The van der Waals surface area contributed by atoms with Gasteiger partial charge in [0.05, 0.1) is 26.0 Å². The molecule has 1 aliphatic carbocycles. The van der Waals surface area contributed by atoms with Crippen molar-refractivity contribution in [2.75, 3.05) is 26.5 Å². The summed E-state index contributed by atoms with van der Waals surface area (Å²) in [5.41, 5.74) is 3.34. The van der Waals surface area contributed by atoms with Gasteiger partial charge in [0.15, 0.2) is 16.7 Å². The second kappa shape index (κ2) is 9.09. The van der Waals surface area contributed by atoms with E-state index >= 15 is 0 Å². The molecular formula is C25H28N4O3S. The van der Waals surface area contributed by atoms with Gasteiger partial charge in [-0.2, -0.15) is 0 Å². The maximum Gasteiger partial charge on any atom is 0.233 e. The van der Waals surface area contributed by atoms with Crippen LogP contribution in [0, 0.1) is 0 Å².